The minimum Gasteiger partial charge on any atom is -0.298 e. The number of hydrogen-bond donors (Lipinski definition) is 1. The number of nitrogens with one attached hydrogen (secondary N) is 1. The molecule has 0 unspecified atom stereocenters. The van der Waals surface area contributed by atoms with Crippen molar-refractivity contribution in [3.63, 3.8) is 0 Å². The van der Waals surface area contributed by atoms with Gasteiger partial charge < -0.3 is 0 Å². The van der Waals surface area contributed by atoms with Gasteiger partial charge in [0.15, 0.2) is 5.13 Å². The Morgan fingerprint density at radius 1 is 0.889 bits per heavy atom. The lowest BCUT2D eigenvalue weighted by molar-refractivity contribution is 0.102. The number of fused-ring (bicyclic) bond motifs is 1. The predicted octanol–water partition coefficient (Wildman–Crippen LogP) is 8.54. The number of anilines is 1. The third-order valence-electron chi connectivity index (χ3n) is 6.25. The second-order valence-electron chi connectivity index (χ2n) is 9.80. The maximum absolute atomic E-state index is 13.6. The fourth-order valence-corrected chi connectivity index (χ4v) is 5.09. The van der Waals surface area contributed by atoms with Crippen molar-refractivity contribution < 1.29 is 4.79 Å². The van der Waals surface area contributed by atoms with Gasteiger partial charge in [0.25, 0.3) is 5.91 Å². The van der Waals surface area contributed by atoms with Crippen molar-refractivity contribution in [1.82, 2.24) is 9.97 Å². The highest BCUT2D eigenvalue weighted by Gasteiger charge is 2.20. The smallest absolute Gasteiger partial charge is 0.258 e. The number of halogens is 1. The topological polar surface area (TPSA) is 54.9 Å². The zero-order valence-corrected chi connectivity index (χ0v) is 22.2. The molecular weight excluding hydrogens is 486 g/mol. The largest absolute Gasteiger partial charge is 0.298 e. The Bertz CT molecular complexity index is 1570. The second-order valence-corrected chi connectivity index (χ2v) is 11.1. The van der Waals surface area contributed by atoms with E-state index >= 15 is 0 Å². The van der Waals surface area contributed by atoms with Gasteiger partial charge in [-0.05, 0) is 41.7 Å². The van der Waals surface area contributed by atoms with E-state index in [1.165, 1.54) is 16.9 Å². The summed E-state index contributed by atoms with van der Waals surface area (Å²) in [5.41, 5.74) is 7.06. The molecule has 0 saturated heterocycles. The Labute approximate surface area is 220 Å². The maximum atomic E-state index is 13.6. The molecule has 1 N–H and O–H groups in total. The Morgan fingerprint density at radius 2 is 1.56 bits per heavy atom. The van der Waals surface area contributed by atoms with Crippen LogP contribution in [0, 0.1) is 6.92 Å². The molecular formula is C30H26ClN3OS. The molecule has 5 rings (SSSR count). The molecule has 36 heavy (non-hydrogen) atoms. The minimum atomic E-state index is -0.203. The van der Waals surface area contributed by atoms with E-state index in [1.807, 2.05) is 60.8 Å². The number of pyridine rings is 1. The van der Waals surface area contributed by atoms with Crippen LogP contribution in [-0.4, -0.2) is 15.9 Å². The van der Waals surface area contributed by atoms with Crippen LogP contribution in [0.2, 0.25) is 5.02 Å². The van der Waals surface area contributed by atoms with E-state index in [-0.39, 0.29) is 11.3 Å². The molecule has 0 spiro atoms. The number of nitrogens with zero attached hydrogens (tertiary/aromatic N) is 2. The summed E-state index contributed by atoms with van der Waals surface area (Å²) in [4.78, 5) is 23.1. The number of carbonyl (C=O) groups is 1. The van der Waals surface area contributed by atoms with Crippen LogP contribution >= 0.6 is 22.9 Å². The third-order valence-corrected chi connectivity index (χ3v) is 7.26. The monoisotopic (exact) mass is 511 g/mol. The Balaban J connectivity index is 1.48. The average molecular weight is 512 g/mol. The molecule has 0 atom stereocenters. The number of thiazole rings is 1. The van der Waals surface area contributed by atoms with Gasteiger partial charge in [-0.3, -0.25) is 10.1 Å². The van der Waals surface area contributed by atoms with Crippen molar-refractivity contribution >= 4 is 44.9 Å². The number of carbonyl (C=O) groups excluding carboxylic acids is 1. The van der Waals surface area contributed by atoms with E-state index in [9.17, 15) is 4.79 Å². The highest BCUT2D eigenvalue weighted by Crippen LogP contribution is 2.32. The van der Waals surface area contributed by atoms with E-state index < -0.39 is 0 Å². The molecule has 0 fully saturated rings. The standard InChI is InChI=1S/C30H26ClN3OS/c1-18-26(23-7-5-6-8-24(23)32-27(18)20-11-15-22(31)16-12-20)28(35)34-29-33-25(17-36-29)19-9-13-21(14-10-19)30(2,3)4/h5-17H,1-4H3,(H,33,34,35). The first-order valence-electron chi connectivity index (χ1n) is 11.7. The fourth-order valence-electron chi connectivity index (χ4n) is 4.25. The van der Waals surface area contributed by atoms with E-state index in [4.69, 9.17) is 21.6 Å². The highest BCUT2D eigenvalue weighted by atomic mass is 35.5. The number of benzene rings is 3. The van der Waals surface area contributed by atoms with E-state index in [1.54, 1.807) is 0 Å². The van der Waals surface area contributed by atoms with Crippen LogP contribution in [0.1, 0.15) is 42.3 Å². The van der Waals surface area contributed by atoms with Gasteiger partial charge >= 0.3 is 0 Å². The summed E-state index contributed by atoms with van der Waals surface area (Å²) in [5, 5.41) is 7.01. The summed E-state index contributed by atoms with van der Waals surface area (Å²) in [6.07, 6.45) is 0. The van der Waals surface area contributed by atoms with Gasteiger partial charge in [-0.2, -0.15) is 0 Å². The van der Waals surface area contributed by atoms with Crippen molar-refractivity contribution in [2.45, 2.75) is 33.1 Å². The normalized spacial score (nSPS) is 11.6. The van der Waals surface area contributed by atoms with E-state index in [0.29, 0.717) is 15.7 Å². The zero-order valence-electron chi connectivity index (χ0n) is 20.6. The molecule has 3 aromatic carbocycles. The SMILES string of the molecule is Cc1c(-c2ccc(Cl)cc2)nc2ccccc2c1C(=O)Nc1nc(-c2ccc(C(C)(C)C)cc2)cs1. The van der Waals surface area contributed by atoms with Crippen LogP contribution < -0.4 is 5.32 Å². The zero-order chi connectivity index (χ0) is 25.4. The van der Waals surface area contributed by atoms with Gasteiger partial charge in [0.05, 0.1) is 22.5 Å². The lowest BCUT2D eigenvalue weighted by Crippen LogP contribution is -2.15. The molecule has 4 nitrogen and oxygen atoms in total. The molecule has 2 heterocycles. The third kappa shape index (κ3) is 4.77. The summed E-state index contributed by atoms with van der Waals surface area (Å²) in [5.74, 6) is -0.203. The molecule has 5 aromatic rings. The van der Waals surface area contributed by atoms with Gasteiger partial charge in [-0.25, -0.2) is 9.97 Å². The van der Waals surface area contributed by atoms with Gasteiger partial charge in [0.2, 0.25) is 0 Å². The number of rotatable bonds is 4. The quantitative estimate of drug-likeness (QED) is 0.263. The predicted molar refractivity (Wildman–Crippen MR) is 151 cm³/mol. The summed E-state index contributed by atoms with van der Waals surface area (Å²) in [7, 11) is 0. The van der Waals surface area contributed by atoms with Crippen LogP contribution in [0.5, 0.6) is 0 Å². The van der Waals surface area contributed by atoms with Crippen LogP contribution in [0.25, 0.3) is 33.4 Å². The molecule has 0 saturated carbocycles. The van der Waals surface area contributed by atoms with Crippen molar-refractivity contribution in [3.05, 3.63) is 99.9 Å². The molecule has 180 valence electrons. The van der Waals surface area contributed by atoms with E-state index in [2.05, 4.69) is 50.4 Å². The molecule has 0 bridgehead atoms. The van der Waals surface area contributed by atoms with Gasteiger partial charge in [-0.15, -0.1) is 11.3 Å². The van der Waals surface area contributed by atoms with Gasteiger partial charge in [0, 0.05) is 26.9 Å². The Morgan fingerprint density at radius 3 is 2.25 bits per heavy atom. The van der Waals surface area contributed by atoms with Crippen LogP contribution in [-0.2, 0) is 5.41 Å². The number of aromatic nitrogens is 2. The summed E-state index contributed by atoms with van der Waals surface area (Å²) < 4.78 is 0. The summed E-state index contributed by atoms with van der Waals surface area (Å²) in [6, 6.07) is 23.7. The van der Waals surface area contributed by atoms with Crippen molar-refractivity contribution in [2.24, 2.45) is 0 Å². The molecule has 0 aliphatic carbocycles. The number of hydrogen-bond acceptors (Lipinski definition) is 4. The van der Waals surface area contributed by atoms with E-state index in [0.717, 1.165) is 39.0 Å². The number of para-hydroxylation sites is 1. The maximum Gasteiger partial charge on any atom is 0.258 e. The molecule has 2 aromatic heterocycles. The average Bonchev–Trinajstić information content (AvgIpc) is 3.32. The minimum absolute atomic E-state index is 0.0930. The first-order chi connectivity index (χ1) is 17.2. The summed E-state index contributed by atoms with van der Waals surface area (Å²) >= 11 is 7.51. The molecule has 6 heteroatoms. The van der Waals surface area contributed by atoms with Crippen molar-refractivity contribution in [1.29, 1.82) is 0 Å². The first-order valence-corrected chi connectivity index (χ1v) is 13.0. The first kappa shape index (κ1) is 24.2. The van der Waals surface area contributed by atoms with Crippen LogP contribution in [0.4, 0.5) is 5.13 Å². The van der Waals surface area contributed by atoms with Crippen LogP contribution in [0.15, 0.2) is 78.2 Å². The highest BCUT2D eigenvalue weighted by molar-refractivity contribution is 7.14. The Hall–Kier alpha value is -3.54. The molecule has 0 aliphatic rings. The Kier molecular flexibility index (Phi) is 6.37. The number of amides is 1. The molecule has 0 aliphatic heterocycles. The molecule has 0 radical (unpaired) electrons. The van der Waals surface area contributed by atoms with Crippen LogP contribution in [0.3, 0.4) is 0 Å². The van der Waals surface area contributed by atoms with Crippen molar-refractivity contribution in [2.75, 3.05) is 5.32 Å². The fraction of sp³-hybridized carbons (Fsp3) is 0.167. The second kappa shape index (κ2) is 9.49. The molecule has 1 amide bonds. The van der Waals surface area contributed by atoms with Crippen molar-refractivity contribution in [3.8, 4) is 22.5 Å². The lowest BCUT2D eigenvalue weighted by Gasteiger charge is -2.18. The van der Waals surface area contributed by atoms with Gasteiger partial charge in [0.1, 0.15) is 0 Å². The lowest BCUT2D eigenvalue weighted by atomic mass is 9.86. The summed E-state index contributed by atoms with van der Waals surface area (Å²) in [6.45, 7) is 8.52. The van der Waals surface area contributed by atoms with Gasteiger partial charge in [-0.1, -0.05) is 87.0 Å².